The lowest BCUT2D eigenvalue weighted by Crippen LogP contribution is -1.96. The van der Waals surface area contributed by atoms with Crippen LogP contribution in [0.15, 0.2) is 67.0 Å². The Morgan fingerprint density at radius 3 is 2.62 bits per heavy atom. The first-order valence-electron chi connectivity index (χ1n) is 8.02. The van der Waals surface area contributed by atoms with Gasteiger partial charge in [0.05, 0.1) is 18.9 Å². The van der Waals surface area contributed by atoms with E-state index in [4.69, 9.17) is 4.74 Å². The lowest BCUT2D eigenvalue weighted by atomic mass is 10.1. The largest absolute Gasteiger partial charge is 0.481 e. The van der Waals surface area contributed by atoms with Gasteiger partial charge in [-0.15, -0.1) is 5.10 Å². The number of hydrogen-bond donors (Lipinski definition) is 1. The number of nitrogens with one attached hydrogen (secondary N) is 1. The van der Waals surface area contributed by atoms with Gasteiger partial charge in [0, 0.05) is 28.3 Å². The summed E-state index contributed by atoms with van der Waals surface area (Å²) < 4.78 is 18.4. The first-order valence-corrected chi connectivity index (χ1v) is 8.02. The van der Waals surface area contributed by atoms with E-state index in [0.29, 0.717) is 11.6 Å². The highest BCUT2D eigenvalue weighted by Crippen LogP contribution is 2.32. The molecule has 26 heavy (non-hydrogen) atoms. The molecular formula is C20H15FN4O. The highest BCUT2D eigenvalue weighted by molar-refractivity contribution is 5.96. The van der Waals surface area contributed by atoms with E-state index in [1.165, 1.54) is 12.1 Å². The SMILES string of the molecule is COc1ncccc1-c1nncc2cc(Nc3ccc(F)cc3)ccc12. The fourth-order valence-electron chi connectivity index (χ4n) is 2.80. The number of aromatic nitrogens is 3. The number of halogens is 1. The molecule has 0 aliphatic carbocycles. The molecule has 0 aliphatic rings. The van der Waals surface area contributed by atoms with Crippen molar-refractivity contribution in [1.82, 2.24) is 15.2 Å². The smallest absolute Gasteiger partial charge is 0.222 e. The molecule has 0 saturated carbocycles. The standard InChI is InChI=1S/C20H15FN4O/c1-26-20-18(3-2-10-22-20)19-17-9-8-16(11-13(17)12-23-25-19)24-15-6-4-14(21)5-7-15/h2-12,24H,1H3. The number of hydrogen-bond acceptors (Lipinski definition) is 5. The van der Waals surface area contributed by atoms with Crippen molar-refractivity contribution in [3.05, 3.63) is 72.8 Å². The van der Waals surface area contributed by atoms with Crippen molar-refractivity contribution in [2.24, 2.45) is 0 Å². The maximum absolute atomic E-state index is 13.0. The molecule has 6 heteroatoms. The molecule has 128 valence electrons. The number of rotatable bonds is 4. The van der Waals surface area contributed by atoms with Crippen LogP contribution in [0.5, 0.6) is 5.88 Å². The van der Waals surface area contributed by atoms with Crippen molar-refractivity contribution >= 4 is 22.1 Å². The van der Waals surface area contributed by atoms with E-state index >= 15 is 0 Å². The van der Waals surface area contributed by atoms with E-state index in [1.807, 2.05) is 30.3 Å². The minimum absolute atomic E-state index is 0.264. The highest BCUT2D eigenvalue weighted by atomic mass is 19.1. The average Bonchev–Trinajstić information content (AvgIpc) is 2.69. The molecule has 0 radical (unpaired) electrons. The Bertz CT molecular complexity index is 1070. The summed E-state index contributed by atoms with van der Waals surface area (Å²) in [4.78, 5) is 4.23. The van der Waals surface area contributed by atoms with Crippen LogP contribution in [0.25, 0.3) is 22.0 Å². The van der Waals surface area contributed by atoms with Crippen LogP contribution in [-0.2, 0) is 0 Å². The van der Waals surface area contributed by atoms with Crippen molar-refractivity contribution in [3.63, 3.8) is 0 Å². The van der Waals surface area contributed by atoms with E-state index in [-0.39, 0.29) is 5.82 Å². The van der Waals surface area contributed by atoms with E-state index in [2.05, 4.69) is 20.5 Å². The predicted molar refractivity (Wildman–Crippen MR) is 99.0 cm³/mol. The van der Waals surface area contributed by atoms with Crippen LogP contribution in [-0.4, -0.2) is 22.3 Å². The van der Waals surface area contributed by atoms with E-state index in [9.17, 15) is 4.39 Å². The molecule has 5 nitrogen and oxygen atoms in total. The van der Waals surface area contributed by atoms with Crippen molar-refractivity contribution in [3.8, 4) is 17.1 Å². The Morgan fingerprint density at radius 2 is 1.81 bits per heavy atom. The van der Waals surface area contributed by atoms with Gasteiger partial charge in [-0.25, -0.2) is 9.37 Å². The quantitative estimate of drug-likeness (QED) is 0.586. The first-order chi connectivity index (χ1) is 12.7. The summed E-state index contributed by atoms with van der Waals surface area (Å²) in [7, 11) is 1.58. The summed E-state index contributed by atoms with van der Waals surface area (Å²) in [5, 5.41) is 13.5. The molecule has 4 aromatic rings. The highest BCUT2D eigenvalue weighted by Gasteiger charge is 2.12. The fourth-order valence-corrected chi connectivity index (χ4v) is 2.80. The summed E-state index contributed by atoms with van der Waals surface area (Å²) in [6.45, 7) is 0. The van der Waals surface area contributed by atoms with Crippen LogP contribution in [0.3, 0.4) is 0 Å². The second-order valence-electron chi connectivity index (χ2n) is 5.69. The minimum atomic E-state index is -0.264. The maximum atomic E-state index is 13.0. The molecule has 0 atom stereocenters. The van der Waals surface area contributed by atoms with E-state index in [0.717, 1.165) is 27.7 Å². The second kappa shape index (κ2) is 6.76. The Hall–Kier alpha value is -3.54. The predicted octanol–water partition coefficient (Wildman–Crippen LogP) is 4.58. The third-order valence-corrected chi connectivity index (χ3v) is 4.01. The third kappa shape index (κ3) is 3.04. The molecule has 0 unspecified atom stereocenters. The van der Waals surface area contributed by atoms with Crippen molar-refractivity contribution in [2.75, 3.05) is 12.4 Å². The molecule has 0 fully saturated rings. The van der Waals surface area contributed by atoms with Crippen molar-refractivity contribution in [2.45, 2.75) is 0 Å². The van der Waals surface area contributed by atoms with E-state index in [1.54, 1.807) is 31.6 Å². The van der Waals surface area contributed by atoms with Gasteiger partial charge in [0.25, 0.3) is 0 Å². The summed E-state index contributed by atoms with van der Waals surface area (Å²) in [6, 6.07) is 15.8. The molecule has 2 aromatic heterocycles. The normalized spacial score (nSPS) is 10.7. The van der Waals surface area contributed by atoms with Gasteiger partial charge >= 0.3 is 0 Å². The van der Waals surface area contributed by atoms with Gasteiger partial charge < -0.3 is 10.1 Å². The molecule has 0 spiro atoms. The van der Waals surface area contributed by atoms with Gasteiger partial charge in [0.1, 0.15) is 11.5 Å². The molecule has 0 saturated heterocycles. The van der Waals surface area contributed by atoms with Gasteiger partial charge in [0.2, 0.25) is 5.88 Å². The number of ether oxygens (including phenoxy) is 1. The number of nitrogens with zero attached hydrogens (tertiary/aromatic N) is 3. The summed E-state index contributed by atoms with van der Waals surface area (Å²) in [6.07, 6.45) is 3.38. The monoisotopic (exact) mass is 346 g/mol. The van der Waals surface area contributed by atoms with Crippen LogP contribution in [0.2, 0.25) is 0 Å². The molecule has 0 aliphatic heterocycles. The minimum Gasteiger partial charge on any atom is -0.481 e. The van der Waals surface area contributed by atoms with E-state index < -0.39 is 0 Å². The topological polar surface area (TPSA) is 59.9 Å². The van der Waals surface area contributed by atoms with Crippen LogP contribution in [0.4, 0.5) is 15.8 Å². The number of fused-ring (bicyclic) bond motifs is 1. The average molecular weight is 346 g/mol. The summed E-state index contributed by atoms with van der Waals surface area (Å²) in [5.74, 6) is 0.238. The molecule has 2 aromatic carbocycles. The van der Waals surface area contributed by atoms with Crippen LogP contribution in [0, 0.1) is 5.82 Å². The van der Waals surface area contributed by atoms with Crippen molar-refractivity contribution in [1.29, 1.82) is 0 Å². The second-order valence-corrected chi connectivity index (χ2v) is 5.69. The molecule has 0 bridgehead atoms. The van der Waals surface area contributed by atoms with Gasteiger partial charge in [-0.1, -0.05) is 0 Å². The maximum Gasteiger partial charge on any atom is 0.222 e. The Balaban J connectivity index is 1.75. The number of methoxy groups -OCH3 is 1. The molecule has 0 amide bonds. The lowest BCUT2D eigenvalue weighted by molar-refractivity contribution is 0.399. The first kappa shape index (κ1) is 16.0. The number of benzene rings is 2. The van der Waals surface area contributed by atoms with Crippen molar-refractivity contribution < 1.29 is 9.13 Å². The molecular weight excluding hydrogens is 331 g/mol. The van der Waals surface area contributed by atoms with Crippen LogP contribution >= 0.6 is 0 Å². The van der Waals surface area contributed by atoms with Gasteiger partial charge in [0.15, 0.2) is 0 Å². The number of pyridine rings is 1. The van der Waals surface area contributed by atoms with Gasteiger partial charge in [-0.3, -0.25) is 0 Å². The van der Waals surface area contributed by atoms with Crippen LogP contribution in [0.1, 0.15) is 0 Å². The zero-order valence-electron chi connectivity index (χ0n) is 14.0. The Morgan fingerprint density at radius 1 is 1.00 bits per heavy atom. The zero-order chi connectivity index (χ0) is 17.9. The number of anilines is 2. The lowest BCUT2D eigenvalue weighted by Gasteiger charge is -2.11. The zero-order valence-corrected chi connectivity index (χ0v) is 14.0. The van der Waals surface area contributed by atoms with Gasteiger partial charge in [-0.2, -0.15) is 5.10 Å². The fraction of sp³-hybridized carbons (Fsp3) is 0.0500. The Kier molecular flexibility index (Phi) is 4.15. The summed E-state index contributed by atoms with van der Waals surface area (Å²) >= 11 is 0. The van der Waals surface area contributed by atoms with Gasteiger partial charge in [-0.05, 0) is 54.6 Å². The third-order valence-electron chi connectivity index (χ3n) is 4.01. The molecule has 2 heterocycles. The summed E-state index contributed by atoms with van der Waals surface area (Å²) in [5.41, 5.74) is 3.18. The molecule has 4 rings (SSSR count). The van der Waals surface area contributed by atoms with Crippen LogP contribution < -0.4 is 10.1 Å². The Labute approximate surface area is 149 Å². The molecule has 1 N–H and O–H groups in total.